The summed E-state index contributed by atoms with van der Waals surface area (Å²) >= 11 is 0. The molecule has 5 heteroatoms. The molecule has 4 rings (SSSR count). The number of aromatic nitrogens is 2. The number of hydrogen-bond donors (Lipinski definition) is 1. The number of benzene rings is 3. The van der Waals surface area contributed by atoms with Gasteiger partial charge in [-0.1, -0.05) is 72.8 Å². The van der Waals surface area contributed by atoms with Crippen molar-refractivity contribution in [3.63, 3.8) is 0 Å². The Morgan fingerprint density at radius 3 is 2.16 bits per heavy atom. The molecule has 0 fully saturated rings. The third-order valence-electron chi connectivity index (χ3n) is 5.35. The molecule has 1 aromatic heterocycles. The minimum atomic E-state index is -0.553. The molecule has 0 aliphatic rings. The molecular formula is C26H25N3O2. The number of amides is 1. The third-order valence-corrected chi connectivity index (χ3v) is 5.35. The second-order valence-electron chi connectivity index (χ2n) is 7.69. The monoisotopic (exact) mass is 411 g/mol. The lowest BCUT2D eigenvalue weighted by Gasteiger charge is -2.17. The van der Waals surface area contributed by atoms with Crippen molar-refractivity contribution in [1.82, 2.24) is 14.9 Å². The number of nitrogens with zero attached hydrogens (tertiary/aromatic N) is 2. The van der Waals surface area contributed by atoms with Gasteiger partial charge < -0.3 is 9.88 Å². The van der Waals surface area contributed by atoms with Crippen molar-refractivity contribution in [1.29, 1.82) is 0 Å². The highest BCUT2D eigenvalue weighted by Gasteiger charge is 2.20. The Labute approximate surface area is 181 Å². The van der Waals surface area contributed by atoms with E-state index in [0.29, 0.717) is 12.8 Å². The van der Waals surface area contributed by atoms with E-state index >= 15 is 0 Å². The second kappa shape index (κ2) is 9.39. The number of imidazole rings is 1. The van der Waals surface area contributed by atoms with Crippen LogP contribution in [0, 0.1) is 0 Å². The topological polar surface area (TPSA) is 64.0 Å². The van der Waals surface area contributed by atoms with Gasteiger partial charge in [-0.05, 0) is 36.6 Å². The smallest absolute Gasteiger partial charge is 0.240 e. The van der Waals surface area contributed by atoms with Crippen LogP contribution in [0.2, 0.25) is 0 Å². The van der Waals surface area contributed by atoms with Gasteiger partial charge in [-0.25, -0.2) is 4.98 Å². The third kappa shape index (κ3) is 5.07. The highest BCUT2D eigenvalue weighted by atomic mass is 16.2. The summed E-state index contributed by atoms with van der Waals surface area (Å²) in [5.41, 5.74) is 3.91. The molecule has 0 saturated carbocycles. The van der Waals surface area contributed by atoms with Crippen LogP contribution in [0.15, 0.2) is 84.9 Å². The fourth-order valence-electron chi connectivity index (χ4n) is 3.74. The second-order valence-corrected chi connectivity index (χ2v) is 7.69. The van der Waals surface area contributed by atoms with Crippen LogP contribution >= 0.6 is 0 Å². The lowest BCUT2D eigenvalue weighted by Crippen LogP contribution is -2.43. The number of Topliss-reactive ketones (excluding diaryl/α,β-unsaturated/α-hetero) is 1. The average Bonchev–Trinajstić information content (AvgIpc) is 3.11. The van der Waals surface area contributed by atoms with Gasteiger partial charge >= 0.3 is 0 Å². The van der Waals surface area contributed by atoms with Gasteiger partial charge in [0, 0.05) is 6.42 Å². The van der Waals surface area contributed by atoms with E-state index in [0.717, 1.165) is 28.0 Å². The lowest BCUT2D eigenvalue weighted by molar-refractivity contribution is -0.127. The zero-order valence-corrected chi connectivity index (χ0v) is 17.5. The molecule has 3 aromatic carbocycles. The highest BCUT2D eigenvalue weighted by Crippen LogP contribution is 2.18. The number of fused-ring (bicyclic) bond motifs is 1. The van der Waals surface area contributed by atoms with E-state index < -0.39 is 6.04 Å². The van der Waals surface area contributed by atoms with E-state index in [1.54, 1.807) is 0 Å². The minimum absolute atomic E-state index is 0.0581. The zero-order valence-electron chi connectivity index (χ0n) is 17.5. The Bertz CT molecular complexity index is 1180. The maximum Gasteiger partial charge on any atom is 0.240 e. The van der Waals surface area contributed by atoms with Gasteiger partial charge in [0.2, 0.25) is 5.91 Å². The number of carbonyl (C=O) groups is 2. The first kappa shape index (κ1) is 20.5. The van der Waals surface area contributed by atoms with Crippen LogP contribution in [-0.2, 0) is 29.0 Å². The molecule has 1 atom stereocenters. The summed E-state index contributed by atoms with van der Waals surface area (Å²) in [7, 11) is 0. The van der Waals surface area contributed by atoms with Gasteiger partial charge in [-0.2, -0.15) is 0 Å². The Morgan fingerprint density at radius 1 is 0.871 bits per heavy atom. The van der Waals surface area contributed by atoms with E-state index in [1.165, 1.54) is 6.92 Å². The molecule has 31 heavy (non-hydrogen) atoms. The summed E-state index contributed by atoms with van der Waals surface area (Å²) in [5.74, 6) is 0.566. The summed E-state index contributed by atoms with van der Waals surface area (Å²) in [6.45, 7) is 1.63. The predicted octanol–water partition coefficient (Wildman–Crippen LogP) is 3.94. The van der Waals surface area contributed by atoms with Crippen molar-refractivity contribution in [2.24, 2.45) is 0 Å². The average molecular weight is 412 g/mol. The number of nitrogens with one attached hydrogen (secondary N) is 1. The van der Waals surface area contributed by atoms with Crippen LogP contribution in [0.4, 0.5) is 0 Å². The van der Waals surface area contributed by atoms with Crippen LogP contribution in [-0.4, -0.2) is 27.3 Å². The summed E-state index contributed by atoms with van der Waals surface area (Å²) in [4.78, 5) is 29.9. The molecule has 0 bridgehead atoms. The Kier molecular flexibility index (Phi) is 6.22. The van der Waals surface area contributed by atoms with Crippen LogP contribution in [0.5, 0.6) is 0 Å². The zero-order chi connectivity index (χ0) is 21.6. The molecule has 0 aliphatic heterocycles. The van der Waals surface area contributed by atoms with Crippen molar-refractivity contribution in [2.45, 2.75) is 32.4 Å². The Morgan fingerprint density at radius 2 is 1.48 bits per heavy atom. The van der Waals surface area contributed by atoms with Crippen molar-refractivity contribution in [2.75, 3.05) is 0 Å². The molecule has 1 heterocycles. The molecule has 0 aliphatic carbocycles. The van der Waals surface area contributed by atoms with Gasteiger partial charge in [0.1, 0.15) is 12.4 Å². The van der Waals surface area contributed by atoms with E-state index in [4.69, 9.17) is 4.98 Å². The lowest BCUT2D eigenvalue weighted by atomic mass is 10.0. The normalized spacial score (nSPS) is 11.9. The minimum Gasteiger partial charge on any atom is -0.344 e. The molecule has 4 aromatic rings. The molecular weight excluding hydrogens is 386 g/mol. The summed E-state index contributed by atoms with van der Waals surface area (Å²) < 4.78 is 1.94. The predicted molar refractivity (Wildman–Crippen MR) is 122 cm³/mol. The van der Waals surface area contributed by atoms with Crippen LogP contribution in [0.25, 0.3) is 11.0 Å². The summed E-state index contributed by atoms with van der Waals surface area (Å²) in [5, 5.41) is 2.92. The molecule has 0 spiro atoms. The molecule has 0 radical (unpaired) electrons. The van der Waals surface area contributed by atoms with Crippen LogP contribution < -0.4 is 5.32 Å². The van der Waals surface area contributed by atoms with Gasteiger partial charge in [-0.3, -0.25) is 9.59 Å². The SMILES string of the molecule is CC(=O)[C@H](Cc1ccccc1)NC(=O)Cn1c(Cc2ccccc2)nc2ccccc21. The summed E-state index contributed by atoms with van der Waals surface area (Å²) in [6.07, 6.45) is 1.10. The van der Waals surface area contributed by atoms with E-state index in [-0.39, 0.29) is 18.2 Å². The number of ketones is 1. The quantitative estimate of drug-likeness (QED) is 0.478. The van der Waals surface area contributed by atoms with Crippen molar-refractivity contribution in [3.05, 3.63) is 102 Å². The summed E-state index contributed by atoms with van der Waals surface area (Å²) in [6, 6.07) is 27.0. The van der Waals surface area contributed by atoms with Gasteiger partial charge in [0.15, 0.2) is 5.78 Å². The molecule has 1 N–H and O–H groups in total. The molecule has 0 saturated heterocycles. The Hall–Kier alpha value is -3.73. The van der Waals surface area contributed by atoms with Crippen molar-refractivity contribution >= 4 is 22.7 Å². The van der Waals surface area contributed by atoms with E-state index in [2.05, 4.69) is 17.4 Å². The van der Waals surface area contributed by atoms with Crippen molar-refractivity contribution < 1.29 is 9.59 Å². The van der Waals surface area contributed by atoms with Gasteiger partial charge in [0.05, 0.1) is 17.1 Å². The highest BCUT2D eigenvalue weighted by molar-refractivity contribution is 5.88. The number of para-hydroxylation sites is 2. The fourth-order valence-corrected chi connectivity index (χ4v) is 3.74. The molecule has 1 amide bonds. The first-order valence-electron chi connectivity index (χ1n) is 10.4. The van der Waals surface area contributed by atoms with Crippen LogP contribution in [0.1, 0.15) is 23.9 Å². The standard InChI is InChI=1S/C26H25N3O2/c1-19(30)23(16-20-10-4-2-5-11-20)28-26(31)18-29-24-15-9-8-14-22(24)27-25(29)17-21-12-6-3-7-13-21/h2-15,23H,16-18H2,1H3,(H,28,31)/t23-/m0/s1. The van der Waals surface area contributed by atoms with E-state index in [9.17, 15) is 9.59 Å². The molecule has 156 valence electrons. The number of hydrogen-bond acceptors (Lipinski definition) is 3. The van der Waals surface area contributed by atoms with Crippen molar-refractivity contribution in [3.8, 4) is 0 Å². The van der Waals surface area contributed by atoms with Crippen LogP contribution in [0.3, 0.4) is 0 Å². The largest absolute Gasteiger partial charge is 0.344 e. The fraction of sp³-hybridized carbons (Fsp3) is 0.192. The first-order valence-corrected chi connectivity index (χ1v) is 10.4. The van der Waals surface area contributed by atoms with Gasteiger partial charge in [0.25, 0.3) is 0 Å². The van der Waals surface area contributed by atoms with E-state index in [1.807, 2.05) is 77.4 Å². The maximum absolute atomic E-state index is 13.0. The number of carbonyl (C=O) groups excluding carboxylic acids is 2. The van der Waals surface area contributed by atoms with Gasteiger partial charge in [-0.15, -0.1) is 0 Å². The first-order chi connectivity index (χ1) is 15.1. The molecule has 5 nitrogen and oxygen atoms in total. The maximum atomic E-state index is 13.0. The number of rotatable bonds is 8. The molecule has 0 unspecified atom stereocenters. The Balaban J connectivity index is 1.56.